The highest BCUT2D eigenvalue weighted by atomic mass is 16.5. The molecule has 0 bridgehead atoms. The van der Waals surface area contributed by atoms with E-state index in [2.05, 4.69) is 70.0 Å². The van der Waals surface area contributed by atoms with Gasteiger partial charge in [-0.2, -0.15) is 5.21 Å². The predicted molar refractivity (Wildman–Crippen MR) is 156 cm³/mol. The van der Waals surface area contributed by atoms with Gasteiger partial charge in [-0.05, 0) is 76.6 Å². The van der Waals surface area contributed by atoms with Crippen molar-refractivity contribution in [2.24, 2.45) is 4.99 Å². The average Bonchev–Trinajstić information content (AvgIpc) is 3.76. The van der Waals surface area contributed by atoms with Crippen molar-refractivity contribution in [1.29, 1.82) is 0 Å². The lowest BCUT2D eigenvalue weighted by Gasteiger charge is -2.23. The molecule has 6 rings (SSSR count). The maximum Gasteiger partial charge on any atom is 0.256 e. The second-order valence-electron chi connectivity index (χ2n) is 10.7. The Morgan fingerprint density at radius 1 is 0.950 bits per heavy atom. The highest BCUT2D eigenvalue weighted by Crippen LogP contribution is 2.40. The Morgan fingerprint density at radius 3 is 2.45 bits per heavy atom. The van der Waals surface area contributed by atoms with Gasteiger partial charge in [0.25, 0.3) is 5.91 Å². The molecule has 0 unspecified atom stereocenters. The fourth-order valence-electron chi connectivity index (χ4n) is 5.91. The van der Waals surface area contributed by atoms with Crippen molar-refractivity contribution in [2.45, 2.75) is 64.0 Å². The van der Waals surface area contributed by atoms with E-state index in [0.29, 0.717) is 12.4 Å². The number of aliphatic imine (C=N–C) groups is 1. The number of hydrogen-bond acceptors (Lipinski definition) is 6. The number of carbonyl (C=O) groups excluding carboxylic acids is 1. The number of nitrogens with zero attached hydrogens (tertiary/aromatic N) is 5. The standard InChI is InChI=1S/C32H34N6O2/c1-3-4-10-29-33-32(17-5-6-18-32)31(39)38(29)21-22-11-13-23(14-12-22)28-20-25(24-8-7-9-26(19-24)40-2)15-16-27(28)30-34-36-37-35-30/h7-9,11-16,19-20H,3-6,10,17-18,21H2,1-2H3,(H,34,35,36,37). The van der Waals surface area contributed by atoms with Crippen LogP contribution in [0, 0.1) is 0 Å². The Hall–Kier alpha value is -4.33. The van der Waals surface area contributed by atoms with E-state index in [-0.39, 0.29) is 5.91 Å². The molecule has 0 atom stereocenters. The van der Waals surface area contributed by atoms with Gasteiger partial charge in [-0.15, -0.1) is 10.2 Å². The van der Waals surface area contributed by atoms with Crippen LogP contribution < -0.4 is 4.74 Å². The van der Waals surface area contributed by atoms with Crippen molar-refractivity contribution in [1.82, 2.24) is 25.5 Å². The van der Waals surface area contributed by atoms with Crippen LogP contribution in [0.1, 0.15) is 57.4 Å². The topological polar surface area (TPSA) is 96.4 Å². The lowest BCUT2D eigenvalue weighted by molar-refractivity contribution is -0.131. The SMILES string of the molecule is CCCCC1=NC2(CCCC2)C(=O)N1Cc1ccc(-c2cc(-c3cccc(OC)c3)ccc2-c2nn[nH]n2)cc1. The van der Waals surface area contributed by atoms with E-state index in [4.69, 9.17) is 9.73 Å². The van der Waals surface area contributed by atoms with Gasteiger partial charge in [0.05, 0.1) is 13.7 Å². The number of aromatic nitrogens is 4. The van der Waals surface area contributed by atoms with Crippen LogP contribution >= 0.6 is 0 Å². The van der Waals surface area contributed by atoms with Crippen molar-refractivity contribution >= 4 is 11.7 Å². The van der Waals surface area contributed by atoms with Crippen molar-refractivity contribution in [3.8, 4) is 39.4 Å². The minimum Gasteiger partial charge on any atom is -0.497 e. The van der Waals surface area contributed by atoms with Crippen LogP contribution in [0.3, 0.4) is 0 Å². The summed E-state index contributed by atoms with van der Waals surface area (Å²) in [7, 11) is 1.67. The van der Waals surface area contributed by atoms with E-state index in [1.54, 1.807) is 7.11 Å². The van der Waals surface area contributed by atoms with E-state index in [0.717, 1.165) is 89.9 Å². The molecule has 0 saturated heterocycles. The zero-order chi connectivity index (χ0) is 27.5. The van der Waals surface area contributed by atoms with E-state index in [1.807, 2.05) is 29.2 Å². The molecule has 3 aromatic carbocycles. The number of benzene rings is 3. The molecule has 204 valence electrons. The number of methoxy groups -OCH3 is 1. The molecule has 1 amide bonds. The van der Waals surface area contributed by atoms with Crippen molar-refractivity contribution in [3.05, 3.63) is 72.3 Å². The van der Waals surface area contributed by atoms with E-state index < -0.39 is 5.54 Å². The van der Waals surface area contributed by atoms with Crippen molar-refractivity contribution < 1.29 is 9.53 Å². The van der Waals surface area contributed by atoms with Crippen molar-refractivity contribution in [3.63, 3.8) is 0 Å². The Balaban J connectivity index is 1.31. The molecule has 4 aromatic rings. The summed E-state index contributed by atoms with van der Waals surface area (Å²) in [5.74, 6) is 2.50. The summed E-state index contributed by atoms with van der Waals surface area (Å²) < 4.78 is 5.44. The third-order valence-corrected chi connectivity index (χ3v) is 8.10. The molecule has 8 heteroatoms. The number of rotatable bonds is 9. The molecule has 1 aliphatic carbocycles. The first-order valence-electron chi connectivity index (χ1n) is 14.1. The van der Waals surface area contributed by atoms with Gasteiger partial charge in [0.1, 0.15) is 17.1 Å². The van der Waals surface area contributed by atoms with Gasteiger partial charge < -0.3 is 4.74 Å². The molecular weight excluding hydrogens is 500 g/mol. The van der Waals surface area contributed by atoms with Gasteiger partial charge in [0, 0.05) is 12.0 Å². The number of carbonyl (C=O) groups is 1. The highest BCUT2D eigenvalue weighted by molar-refractivity contribution is 6.08. The smallest absolute Gasteiger partial charge is 0.256 e. The maximum atomic E-state index is 13.6. The zero-order valence-electron chi connectivity index (χ0n) is 23.1. The summed E-state index contributed by atoms with van der Waals surface area (Å²) in [5.41, 5.74) is 5.62. The average molecular weight is 535 g/mol. The first kappa shape index (κ1) is 25.9. The van der Waals surface area contributed by atoms with Crippen LogP contribution in [0.25, 0.3) is 33.6 Å². The molecule has 8 nitrogen and oxygen atoms in total. The zero-order valence-corrected chi connectivity index (χ0v) is 23.1. The fourth-order valence-corrected chi connectivity index (χ4v) is 5.91. The third kappa shape index (κ3) is 4.90. The van der Waals surface area contributed by atoms with Crippen LogP contribution in [0.4, 0.5) is 0 Å². The normalized spacial score (nSPS) is 16.1. The van der Waals surface area contributed by atoms with Gasteiger partial charge in [0.2, 0.25) is 5.82 Å². The fraction of sp³-hybridized carbons (Fsp3) is 0.344. The van der Waals surface area contributed by atoms with Gasteiger partial charge in [-0.1, -0.05) is 68.7 Å². The number of aromatic amines is 1. The van der Waals surface area contributed by atoms with E-state index in [1.165, 1.54) is 0 Å². The molecule has 1 aliphatic heterocycles. The Kier molecular flexibility index (Phi) is 7.15. The third-order valence-electron chi connectivity index (χ3n) is 8.10. The first-order valence-corrected chi connectivity index (χ1v) is 14.1. The lowest BCUT2D eigenvalue weighted by Crippen LogP contribution is -2.40. The quantitative estimate of drug-likeness (QED) is 0.266. The van der Waals surface area contributed by atoms with Crippen molar-refractivity contribution in [2.75, 3.05) is 7.11 Å². The summed E-state index contributed by atoms with van der Waals surface area (Å²) in [6.45, 7) is 2.73. The van der Waals surface area contributed by atoms with Crippen LogP contribution in [0.5, 0.6) is 5.75 Å². The predicted octanol–water partition coefficient (Wildman–Crippen LogP) is 6.45. The Labute approximate surface area is 234 Å². The van der Waals surface area contributed by atoms with Crippen LogP contribution in [0.2, 0.25) is 0 Å². The molecule has 1 saturated carbocycles. The lowest BCUT2D eigenvalue weighted by atomic mass is 9.93. The number of nitrogens with one attached hydrogen (secondary N) is 1. The number of ether oxygens (including phenoxy) is 1. The summed E-state index contributed by atoms with van der Waals surface area (Å²) in [6.07, 6.45) is 6.89. The molecule has 1 spiro atoms. The molecule has 1 aromatic heterocycles. The molecule has 1 N–H and O–H groups in total. The molecule has 2 aliphatic rings. The second-order valence-corrected chi connectivity index (χ2v) is 10.7. The second kappa shape index (κ2) is 11.0. The number of H-pyrrole nitrogens is 1. The Morgan fingerprint density at radius 2 is 1.73 bits per heavy atom. The van der Waals surface area contributed by atoms with Gasteiger partial charge in [-0.3, -0.25) is 14.7 Å². The molecule has 0 radical (unpaired) electrons. The highest BCUT2D eigenvalue weighted by Gasteiger charge is 2.49. The minimum absolute atomic E-state index is 0.186. The molecular formula is C32H34N6O2. The number of amidine groups is 1. The van der Waals surface area contributed by atoms with Crippen LogP contribution in [0.15, 0.2) is 71.7 Å². The largest absolute Gasteiger partial charge is 0.497 e. The van der Waals surface area contributed by atoms with Gasteiger partial charge in [-0.25, -0.2) is 0 Å². The maximum absolute atomic E-state index is 13.6. The summed E-state index contributed by atoms with van der Waals surface area (Å²) in [5, 5.41) is 14.8. The number of hydrogen-bond donors (Lipinski definition) is 1. The number of unbranched alkanes of at least 4 members (excludes halogenated alkanes) is 1. The molecule has 40 heavy (non-hydrogen) atoms. The summed E-state index contributed by atoms with van der Waals surface area (Å²) in [4.78, 5) is 20.6. The minimum atomic E-state index is -0.511. The number of amides is 1. The summed E-state index contributed by atoms with van der Waals surface area (Å²) >= 11 is 0. The monoisotopic (exact) mass is 534 g/mol. The van der Waals surface area contributed by atoms with Crippen LogP contribution in [-0.4, -0.2) is 49.9 Å². The van der Waals surface area contributed by atoms with Gasteiger partial charge >= 0.3 is 0 Å². The van der Waals surface area contributed by atoms with E-state index in [9.17, 15) is 4.79 Å². The molecule has 1 fully saturated rings. The van der Waals surface area contributed by atoms with Crippen LogP contribution in [-0.2, 0) is 11.3 Å². The summed E-state index contributed by atoms with van der Waals surface area (Å²) in [6, 6.07) is 22.7. The van der Waals surface area contributed by atoms with E-state index >= 15 is 0 Å². The molecule has 2 heterocycles. The number of tetrazole rings is 1. The van der Waals surface area contributed by atoms with Gasteiger partial charge in [0.15, 0.2) is 0 Å². The first-order chi connectivity index (χ1) is 19.6. The Bertz CT molecular complexity index is 1520.